The topological polar surface area (TPSA) is 64.8 Å². The molecule has 0 saturated heterocycles. The van der Waals surface area contributed by atoms with E-state index < -0.39 is 0 Å². The zero-order chi connectivity index (χ0) is 19.1. The number of carbonyl (C=O) groups excluding carboxylic acids is 1. The molecule has 7 heteroatoms. The fourth-order valence-electron chi connectivity index (χ4n) is 2.42. The van der Waals surface area contributed by atoms with E-state index in [1.165, 1.54) is 0 Å². The lowest BCUT2D eigenvalue weighted by Gasteiger charge is -2.09. The van der Waals surface area contributed by atoms with E-state index >= 15 is 0 Å². The van der Waals surface area contributed by atoms with Gasteiger partial charge in [-0.1, -0.05) is 23.7 Å². The number of ether oxygens (including phenoxy) is 2. The van der Waals surface area contributed by atoms with E-state index in [-0.39, 0.29) is 12.5 Å². The molecule has 0 fully saturated rings. The highest BCUT2D eigenvalue weighted by Crippen LogP contribution is 2.25. The van der Waals surface area contributed by atoms with Crippen LogP contribution in [-0.4, -0.2) is 30.4 Å². The minimum Gasteiger partial charge on any atom is -0.493 e. The molecule has 138 valence electrons. The summed E-state index contributed by atoms with van der Waals surface area (Å²) in [6.07, 6.45) is 3.47. The van der Waals surface area contributed by atoms with Gasteiger partial charge in [-0.05, 0) is 48.5 Å². The number of para-hydroxylation sites is 2. The number of carbonyl (C=O) groups is 1. The normalized spacial score (nSPS) is 10.7. The molecule has 0 spiro atoms. The molecule has 1 amide bonds. The molecule has 0 aliphatic rings. The highest BCUT2D eigenvalue weighted by molar-refractivity contribution is 6.30. The van der Waals surface area contributed by atoms with Crippen LogP contribution < -0.4 is 14.9 Å². The monoisotopic (exact) mass is 383 g/mol. The second kappa shape index (κ2) is 8.91. The lowest BCUT2D eigenvalue weighted by molar-refractivity contribution is -0.123. The molecule has 0 saturated carbocycles. The fraction of sp³-hybridized carbons (Fsp3) is 0.100. The van der Waals surface area contributed by atoms with Crippen LogP contribution in [0.2, 0.25) is 5.02 Å². The average molecular weight is 384 g/mol. The van der Waals surface area contributed by atoms with Crippen LogP contribution >= 0.6 is 11.6 Å². The standard InChI is InChI=1S/C20H18ClN3O3/c1-26-18-6-2-3-7-19(18)27-14-20(25)23-22-13-17-5-4-12-24(17)16-10-8-15(21)9-11-16/h2-13H,14H2,1H3,(H,23,25)/b22-13+. The van der Waals surface area contributed by atoms with Crippen molar-refractivity contribution in [3.8, 4) is 17.2 Å². The van der Waals surface area contributed by atoms with Crippen LogP contribution in [0.4, 0.5) is 0 Å². The number of methoxy groups -OCH3 is 1. The maximum atomic E-state index is 11.9. The molecule has 6 nitrogen and oxygen atoms in total. The Bertz CT molecular complexity index is 936. The number of hydrazone groups is 1. The van der Waals surface area contributed by atoms with Crippen molar-refractivity contribution in [2.24, 2.45) is 5.10 Å². The number of benzene rings is 2. The third-order valence-corrected chi connectivity index (χ3v) is 3.95. The predicted octanol–water partition coefficient (Wildman–Crippen LogP) is 3.67. The largest absolute Gasteiger partial charge is 0.493 e. The van der Waals surface area contributed by atoms with E-state index in [4.69, 9.17) is 21.1 Å². The number of hydrogen-bond donors (Lipinski definition) is 1. The third kappa shape index (κ3) is 4.89. The van der Waals surface area contributed by atoms with Crippen LogP contribution in [0.5, 0.6) is 11.5 Å². The summed E-state index contributed by atoms with van der Waals surface area (Å²) < 4.78 is 12.6. The first-order chi connectivity index (χ1) is 13.2. The van der Waals surface area contributed by atoms with Gasteiger partial charge in [-0.3, -0.25) is 4.79 Å². The van der Waals surface area contributed by atoms with E-state index in [0.717, 1.165) is 11.4 Å². The summed E-state index contributed by atoms with van der Waals surface area (Å²) in [5.41, 5.74) is 4.20. The van der Waals surface area contributed by atoms with E-state index in [9.17, 15) is 4.79 Å². The zero-order valence-corrected chi connectivity index (χ0v) is 15.4. The molecule has 27 heavy (non-hydrogen) atoms. The molecule has 0 radical (unpaired) electrons. The Kier molecular flexibility index (Phi) is 6.12. The Labute approximate surface area is 162 Å². The van der Waals surface area contributed by atoms with Crippen LogP contribution in [0.25, 0.3) is 5.69 Å². The fourth-order valence-corrected chi connectivity index (χ4v) is 2.55. The molecule has 0 aliphatic carbocycles. The summed E-state index contributed by atoms with van der Waals surface area (Å²) in [5, 5.41) is 4.66. The highest BCUT2D eigenvalue weighted by atomic mass is 35.5. The third-order valence-electron chi connectivity index (χ3n) is 3.70. The Morgan fingerprint density at radius 3 is 2.59 bits per heavy atom. The van der Waals surface area contributed by atoms with E-state index in [0.29, 0.717) is 16.5 Å². The number of aromatic nitrogens is 1. The van der Waals surface area contributed by atoms with Crippen LogP contribution in [0.3, 0.4) is 0 Å². The van der Waals surface area contributed by atoms with Crippen molar-refractivity contribution in [3.05, 3.63) is 77.6 Å². The molecule has 0 atom stereocenters. The van der Waals surface area contributed by atoms with Gasteiger partial charge in [0.05, 0.1) is 19.0 Å². The molecule has 1 aromatic heterocycles. The molecular formula is C20H18ClN3O3. The van der Waals surface area contributed by atoms with Crippen molar-refractivity contribution >= 4 is 23.7 Å². The Hall–Kier alpha value is -3.25. The Balaban J connectivity index is 1.57. The maximum Gasteiger partial charge on any atom is 0.277 e. The first-order valence-corrected chi connectivity index (χ1v) is 8.56. The second-order valence-electron chi connectivity index (χ2n) is 5.51. The highest BCUT2D eigenvalue weighted by Gasteiger charge is 2.06. The molecule has 3 rings (SSSR count). The van der Waals surface area contributed by atoms with E-state index in [1.807, 2.05) is 53.2 Å². The summed E-state index contributed by atoms with van der Waals surface area (Å²) in [4.78, 5) is 11.9. The summed E-state index contributed by atoms with van der Waals surface area (Å²) in [5.74, 6) is 0.687. The second-order valence-corrected chi connectivity index (χ2v) is 5.95. The Morgan fingerprint density at radius 2 is 1.85 bits per heavy atom. The number of hydrogen-bond acceptors (Lipinski definition) is 4. The van der Waals surface area contributed by atoms with Crippen molar-refractivity contribution in [3.63, 3.8) is 0 Å². The molecule has 1 N–H and O–H groups in total. The first kappa shape index (κ1) is 18.5. The van der Waals surface area contributed by atoms with Crippen LogP contribution in [-0.2, 0) is 4.79 Å². The van der Waals surface area contributed by atoms with Gasteiger partial charge in [0.15, 0.2) is 18.1 Å². The van der Waals surface area contributed by atoms with Crippen LogP contribution in [0.15, 0.2) is 72.0 Å². The molecule has 2 aromatic carbocycles. The maximum absolute atomic E-state index is 11.9. The molecular weight excluding hydrogens is 366 g/mol. The van der Waals surface area contributed by atoms with Gasteiger partial charge in [-0.15, -0.1) is 0 Å². The smallest absolute Gasteiger partial charge is 0.277 e. The minimum atomic E-state index is -0.373. The quantitative estimate of drug-likeness (QED) is 0.500. The zero-order valence-electron chi connectivity index (χ0n) is 14.6. The van der Waals surface area contributed by atoms with Gasteiger partial charge in [0, 0.05) is 16.9 Å². The summed E-state index contributed by atoms with van der Waals surface area (Å²) in [7, 11) is 1.54. The molecule has 0 bridgehead atoms. The predicted molar refractivity (Wildman–Crippen MR) is 105 cm³/mol. The molecule has 3 aromatic rings. The van der Waals surface area contributed by atoms with Gasteiger partial charge in [-0.2, -0.15) is 5.10 Å². The minimum absolute atomic E-state index is 0.171. The van der Waals surface area contributed by atoms with Gasteiger partial charge >= 0.3 is 0 Å². The molecule has 0 unspecified atom stereocenters. The molecule has 0 aliphatic heterocycles. The lowest BCUT2D eigenvalue weighted by Crippen LogP contribution is -2.24. The average Bonchev–Trinajstić information content (AvgIpc) is 3.15. The number of amides is 1. The van der Waals surface area contributed by atoms with Crippen molar-refractivity contribution < 1.29 is 14.3 Å². The molecule has 1 heterocycles. The SMILES string of the molecule is COc1ccccc1OCC(=O)N/N=C/c1cccn1-c1ccc(Cl)cc1. The van der Waals surface area contributed by atoms with Crippen LogP contribution in [0.1, 0.15) is 5.69 Å². The number of nitrogens with zero attached hydrogens (tertiary/aromatic N) is 2. The summed E-state index contributed by atoms with van der Waals surface area (Å²) in [6.45, 7) is -0.171. The van der Waals surface area contributed by atoms with Gasteiger partial charge in [0.25, 0.3) is 5.91 Å². The lowest BCUT2D eigenvalue weighted by atomic mass is 10.3. The number of halogens is 1. The first-order valence-electron chi connectivity index (χ1n) is 8.18. The van der Waals surface area contributed by atoms with Crippen LogP contribution in [0, 0.1) is 0 Å². The van der Waals surface area contributed by atoms with E-state index in [2.05, 4.69) is 10.5 Å². The van der Waals surface area contributed by atoms with E-state index in [1.54, 1.807) is 31.5 Å². The van der Waals surface area contributed by atoms with Gasteiger partial charge in [0.1, 0.15) is 0 Å². The van der Waals surface area contributed by atoms with Gasteiger partial charge in [-0.25, -0.2) is 5.43 Å². The summed E-state index contributed by atoms with van der Waals surface area (Å²) >= 11 is 5.92. The Morgan fingerprint density at radius 1 is 1.11 bits per heavy atom. The number of nitrogens with one attached hydrogen (secondary N) is 1. The van der Waals surface area contributed by atoms with Crippen molar-refractivity contribution in [2.75, 3.05) is 13.7 Å². The van der Waals surface area contributed by atoms with Gasteiger partial charge in [0.2, 0.25) is 0 Å². The van der Waals surface area contributed by atoms with Crippen molar-refractivity contribution in [2.45, 2.75) is 0 Å². The van der Waals surface area contributed by atoms with Crippen molar-refractivity contribution in [1.82, 2.24) is 9.99 Å². The summed E-state index contributed by atoms with van der Waals surface area (Å²) in [6, 6.07) is 18.3. The van der Waals surface area contributed by atoms with Gasteiger partial charge < -0.3 is 14.0 Å². The van der Waals surface area contributed by atoms with Crippen molar-refractivity contribution in [1.29, 1.82) is 0 Å². The number of rotatable bonds is 7.